The lowest BCUT2D eigenvalue weighted by atomic mass is 10.1. The van der Waals surface area contributed by atoms with Gasteiger partial charge in [-0.15, -0.1) is 0 Å². The van der Waals surface area contributed by atoms with Gasteiger partial charge in [-0.25, -0.2) is 15.4 Å². The number of nitrogens with zero attached hydrogens (tertiary/aromatic N) is 3. The van der Waals surface area contributed by atoms with Crippen LogP contribution < -0.4 is 5.43 Å². The quantitative estimate of drug-likeness (QED) is 0.936. The van der Waals surface area contributed by atoms with Gasteiger partial charge in [0.15, 0.2) is 0 Å². The Morgan fingerprint density at radius 1 is 1.05 bits per heavy atom. The van der Waals surface area contributed by atoms with Crippen molar-refractivity contribution < 1.29 is 4.79 Å². The third-order valence-corrected chi connectivity index (χ3v) is 3.69. The molecule has 104 valence electrons. The highest BCUT2D eigenvalue weighted by Crippen LogP contribution is 2.38. The number of hydrogen-bond donors (Lipinski definition) is 1. The Kier molecular flexibility index (Phi) is 2.77. The fraction of sp³-hybridized carbons (Fsp3) is 0.250. The summed E-state index contributed by atoms with van der Waals surface area (Å²) >= 11 is 0. The van der Waals surface area contributed by atoms with Gasteiger partial charge in [0.1, 0.15) is 5.82 Å². The maximum absolute atomic E-state index is 11.3. The summed E-state index contributed by atoms with van der Waals surface area (Å²) in [5, 5.41) is 4.07. The fourth-order valence-electron chi connectivity index (χ4n) is 2.40. The number of hydrogen-bond acceptors (Lipinski definition) is 4. The van der Waals surface area contributed by atoms with Crippen molar-refractivity contribution in [3.05, 3.63) is 47.9 Å². The first-order chi connectivity index (χ1) is 10.3. The van der Waals surface area contributed by atoms with Crippen molar-refractivity contribution in [2.24, 2.45) is 5.10 Å². The normalized spacial score (nSPS) is 17.5. The lowest BCUT2D eigenvalue weighted by Crippen LogP contribution is -2.10. The minimum atomic E-state index is -0.0853. The van der Waals surface area contributed by atoms with E-state index >= 15 is 0 Å². The monoisotopic (exact) mass is 278 g/mol. The Bertz CT molecular complexity index is 735. The highest BCUT2D eigenvalue weighted by molar-refractivity contribution is 6.13. The summed E-state index contributed by atoms with van der Waals surface area (Å²) in [5.74, 6) is 1.24. The molecule has 1 aliphatic carbocycles. The van der Waals surface area contributed by atoms with Crippen LogP contribution in [0.5, 0.6) is 0 Å². The summed E-state index contributed by atoms with van der Waals surface area (Å²) in [7, 11) is 0. The SMILES string of the molecule is O=C1CC(c2cc(-c3ccccc3)nc(C3CC3)n2)=NN1. The molecule has 1 aromatic heterocycles. The number of aromatic nitrogens is 2. The van der Waals surface area contributed by atoms with Crippen LogP contribution in [0.1, 0.15) is 36.7 Å². The Balaban J connectivity index is 1.80. The summed E-state index contributed by atoms with van der Waals surface area (Å²) in [4.78, 5) is 20.6. The van der Waals surface area contributed by atoms with Gasteiger partial charge in [-0.05, 0) is 18.9 Å². The minimum absolute atomic E-state index is 0.0853. The first-order valence-corrected chi connectivity index (χ1v) is 7.10. The molecule has 1 aliphatic heterocycles. The third-order valence-electron chi connectivity index (χ3n) is 3.69. The zero-order valence-corrected chi connectivity index (χ0v) is 11.4. The number of carbonyl (C=O) groups is 1. The Hall–Kier alpha value is -2.56. The molecular weight excluding hydrogens is 264 g/mol. The highest BCUT2D eigenvalue weighted by Gasteiger charge is 2.28. The molecule has 2 aliphatic rings. The molecule has 1 aromatic carbocycles. The van der Waals surface area contributed by atoms with E-state index in [-0.39, 0.29) is 12.3 Å². The van der Waals surface area contributed by atoms with Crippen LogP contribution in [0.25, 0.3) is 11.3 Å². The minimum Gasteiger partial charge on any atom is -0.273 e. The molecule has 1 N–H and O–H groups in total. The van der Waals surface area contributed by atoms with E-state index in [0.29, 0.717) is 11.6 Å². The first kappa shape index (κ1) is 12.2. The van der Waals surface area contributed by atoms with Crippen LogP contribution >= 0.6 is 0 Å². The lowest BCUT2D eigenvalue weighted by molar-refractivity contribution is -0.119. The van der Waals surface area contributed by atoms with E-state index in [1.54, 1.807) is 0 Å². The molecule has 1 fully saturated rings. The molecule has 1 amide bonds. The van der Waals surface area contributed by atoms with Crippen LogP contribution in [-0.2, 0) is 4.79 Å². The van der Waals surface area contributed by atoms with E-state index in [1.807, 2.05) is 36.4 Å². The molecule has 5 heteroatoms. The molecule has 2 aromatic rings. The topological polar surface area (TPSA) is 67.2 Å². The molecule has 0 saturated heterocycles. The molecule has 21 heavy (non-hydrogen) atoms. The van der Waals surface area contributed by atoms with Crippen molar-refractivity contribution >= 4 is 11.6 Å². The standard InChI is InChI=1S/C16H14N4O/c21-15-9-14(19-20-15)13-8-12(10-4-2-1-3-5-10)17-16(18-13)11-6-7-11/h1-5,8,11H,6-7,9H2,(H,20,21). The number of hydrazone groups is 1. The number of amides is 1. The highest BCUT2D eigenvalue weighted by atomic mass is 16.2. The van der Waals surface area contributed by atoms with Crippen LogP contribution in [0.4, 0.5) is 0 Å². The van der Waals surface area contributed by atoms with Crippen LogP contribution in [0.3, 0.4) is 0 Å². The zero-order chi connectivity index (χ0) is 14.2. The van der Waals surface area contributed by atoms with Gasteiger partial charge in [-0.3, -0.25) is 4.79 Å². The summed E-state index contributed by atoms with van der Waals surface area (Å²) in [6.07, 6.45) is 2.57. The van der Waals surface area contributed by atoms with Crippen LogP contribution in [0.2, 0.25) is 0 Å². The van der Waals surface area contributed by atoms with Gasteiger partial charge in [0, 0.05) is 11.5 Å². The molecule has 0 spiro atoms. The van der Waals surface area contributed by atoms with Gasteiger partial charge in [-0.1, -0.05) is 30.3 Å². The van der Waals surface area contributed by atoms with Gasteiger partial charge in [0.05, 0.1) is 23.5 Å². The van der Waals surface area contributed by atoms with Crippen molar-refractivity contribution in [2.45, 2.75) is 25.2 Å². The summed E-state index contributed by atoms with van der Waals surface area (Å²) < 4.78 is 0. The first-order valence-electron chi connectivity index (χ1n) is 7.10. The molecule has 5 nitrogen and oxygen atoms in total. The smallest absolute Gasteiger partial charge is 0.246 e. The number of rotatable bonds is 3. The fourth-order valence-corrected chi connectivity index (χ4v) is 2.40. The van der Waals surface area contributed by atoms with E-state index in [0.717, 1.165) is 35.6 Å². The van der Waals surface area contributed by atoms with Gasteiger partial charge < -0.3 is 0 Å². The van der Waals surface area contributed by atoms with Crippen molar-refractivity contribution in [1.82, 2.24) is 15.4 Å². The van der Waals surface area contributed by atoms with Crippen LogP contribution in [0.15, 0.2) is 41.5 Å². The predicted octanol–water partition coefficient (Wildman–Crippen LogP) is 2.24. The third kappa shape index (κ3) is 2.42. The van der Waals surface area contributed by atoms with E-state index in [2.05, 4.69) is 20.5 Å². The molecule has 0 bridgehead atoms. The van der Waals surface area contributed by atoms with E-state index in [9.17, 15) is 4.79 Å². The van der Waals surface area contributed by atoms with E-state index in [1.165, 1.54) is 0 Å². The average molecular weight is 278 g/mol. The second-order valence-corrected chi connectivity index (χ2v) is 5.41. The summed E-state index contributed by atoms with van der Waals surface area (Å²) in [5.41, 5.74) is 5.88. The van der Waals surface area contributed by atoms with Gasteiger partial charge >= 0.3 is 0 Å². The summed E-state index contributed by atoms with van der Waals surface area (Å²) in [6, 6.07) is 11.9. The Morgan fingerprint density at radius 2 is 1.81 bits per heavy atom. The molecule has 4 rings (SSSR count). The van der Waals surface area contributed by atoms with Crippen LogP contribution in [0, 0.1) is 0 Å². The van der Waals surface area contributed by atoms with Crippen molar-refractivity contribution in [1.29, 1.82) is 0 Å². The van der Waals surface area contributed by atoms with E-state index in [4.69, 9.17) is 0 Å². The largest absolute Gasteiger partial charge is 0.273 e. The number of nitrogens with one attached hydrogen (secondary N) is 1. The predicted molar refractivity (Wildman–Crippen MR) is 78.7 cm³/mol. The molecule has 0 atom stereocenters. The second-order valence-electron chi connectivity index (χ2n) is 5.41. The van der Waals surface area contributed by atoms with Crippen molar-refractivity contribution in [2.75, 3.05) is 0 Å². The van der Waals surface area contributed by atoms with Gasteiger partial charge in [0.2, 0.25) is 5.91 Å². The van der Waals surface area contributed by atoms with Crippen molar-refractivity contribution in [3.8, 4) is 11.3 Å². The zero-order valence-electron chi connectivity index (χ0n) is 11.4. The maximum Gasteiger partial charge on any atom is 0.246 e. The lowest BCUT2D eigenvalue weighted by Gasteiger charge is -2.07. The Labute approximate surface area is 122 Å². The van der Waals surface area contributed by atoms with E-state index < -0.39 is 0 Å². The van der Waals surface area contributed by atoms with Crippen molar-refractivity contribution in [3.63, 3.8) is 0 Å². The average Bonchev–Trinajstić information content (AvgIpc) is 3.29. The van der Waals surface area contributed by atoms with Gasteiger partial charge in [-0.2, -0.15) is 5.10 Å². The maximum atomic E-state index is 11.3. The van der Waals surface area contributed by atoms with Crippen LogP contribution in [-0.4, -0.2) is 21.6 Å². The second kappa shape index (κ2) is 4.77. The number of benzene rings is 1. The molecule has 2 heterocycles. The number of carbonyl (C=O) groups excluding carboxylic acids is 1. The summed E-state index contributed by atoms with van der Waals surface area (Å²) in [6.45, 7) is 0. The Morgan fingerprint density at radius 3 is 2.48 bits per heavy atom. The molecule has 1 saturated carbocycles. The molecule has 0 unspecified atom stereocenters. The molecule has 0 radical (unpaired) electrons. The molecular formula is C16H14N4O. The van der Waals surface area contributed by atoms with Gasteiger partial charge in [0.25, 0.3) is 0 Å².